The normalized spacial score (nSPS) is 10.2. The van der Waals surface area contributed by atoms with Crippen molar-refractivity contribution in [3.63, 3.8) is 0 Å². The average molecular weight is 337 g/mol. The molecule has 1 aromatic carbocycles. The van der Waals surface area contributed by atoms with Gasteiger partial charge >= 0.3 is 0 Å². The van der Waals surface area contributed by atoms with Crippen molar-refractivity contribution in [2.45, 2.75) is 19.4 Å². The third kappa shape index (κ3) is 5.16. The Kier molecular flexibility index (Phi) is 6.43. The first kappa shape index (κ1) is 16.5. The molecule has 0 aliphatic heterocycles. The number of thiophene rings is 1. The van der Waals surface area contributed by atoms with Gasteiger partial charge in [0.05, 0.1) is 4.88 Å². The highest BCUT2D eigenvalue weighted by atomic mass is 35.5. The SMILES string of the molecule is O=C(CCCNC(=O)c1cccs1)NCc1ccccc1Cl. The molecule has 0 spiro atoms. The van der Waals surface area contributed by atoms with Crippen LogP contribution in [0.25, 0.3) is 0 Å². The molecule has 1 heterocycles. The van der Waals surface area contributed by atoms with E-state index in [1.165, 1.54) is 11.3 Å². The number of nitrogens with one attached hydrogen (secondary N) is 2. The van der Waals surface area contributed by atoms with Gasteiger partial charge in [-0.3, -0.25) is 9.59 Å². The first-order valence-electron chi connectivity index (χ1n) is 6.98. The van der Waals surface area contributed by atoms with Gasteiger partial charge in [-0.05, 0) is 29.5 Å². The first-order chi connectivity index (χ1) is 10.7. The second-order valence-corrected chi connectivity index (χ2v) is 6.06. The fraction of sp³-hybridized carbons (Fsp3) is 0.250. The lowest BCUT2D eigenvalue weighted by Crippen LogP contribution is -2.27. The number of hydrogen-bond acceptors (Lipinski definition) is 3. The molecule has 0 atom stereocenters. The summed E-state index contributed by atoms with van der Waals surface area (Å²) in [5, 5.41) is 8.12. The Morgan fingerprint density at radius 3 is 2.64 bits per heavy atom. The van der Waals surface area contributed by atoms with Gasteiger partial charge in [-0.2, -0.15) is 0 Å². The predicted octanol–water partition coefficient (Wildman–Crippen LogP) is 3.23. The number of benzene rings is 1. The summed E-state index contributed by atoms with van der Waals surface area (Å²) < 4.78 is 0. The highest BCUT2D eigenvalue weighted by Crippen LogP contribution is 2.14. The van der Waals surface area contributed by atoms with Crippen molar-refractivity contribution in [2.24, 2.45) is 0 Å². The molecule has 4 nitrogen and oxygen atoms in total. The Labute approximate surface area is 138 Å². The van der Waals surface area contributed by atoms with Crippen LogP contribution < -0.4 is 10.6 Å². The van der Waals surface area contributed by atoms with Gasteiger partial charge in [0.15, 0.2) is 0 Å². The van der Waals surface area contributed by atoms with Crippen molar-refractivity contribution < 1.29 is 9.59 Å². The molecule has 2 N–H and O–H groups in total. The van der Waals surface area contributed by atoms with Gasteiger partial charge in [-0.15, -0.1) is 11.3 Å². The number of amides is 2. The summed E-state index contributed by atoms with van der Waals surface area (Å²) >= 11 is 7.42. The van der Waals surface area contributed by atoms with Crippen molar-refractivity contribution in [2.75, 3.05) is 6.54 Å². The summed E-state index contributed by atoms with van der Waals surface area (Å²) in [5.74, 6) is -0.142. The summed E-state index contributed by atoms with van der Waals surface area (Å²) in [6, 6.07) is 11.0. The topological polar surface area (TPSA) is 58.2 Å². The van der Waals surface area contributed by atoms with Gasteiger partial charge < -0.3 is 10.6 Å². The van der Waals surface area contributed by atoms with Crippen molar-refractivity contribution in [3.8, 4) is 0 Å². The monoisotopic (exact) mass is 336 g/mol. The zero-order valence-electron chi connectivity index (χ0n) is 12.0. The summed E-state index contributed by atoms with van der Waals surface area (Å²) in [6.07, 6.45) is 0.973. The number of carbonyl (C=O) groups is 2. The third-order valence-corrected chi connectivity index (χ3v) is 4.28. The van der Waals surface area contributed by atoms with E-state index in [4.69, 9.17) is 11.6 Å². The van der Waals surface area contributed by atoms with Crippen LogP contribution >= 0.6 is 22.9 Å². The van der Waals surface area contributed by atoms with Crippen molar-refractivity contribution in [1.82, 2.24) is 10.6 Å². The second-order valence-electron chi connectivity index (χ2n) is 4.70. The number of hydrogen-bond donors (Lipinski definition) is 2. The van der Waals surface area contributed by atoms with Crippen LogP contribution in [0.3, 0.4) is 0 Å². The maximum absolute atomic E-state index is 11.7. The standard InChI is InChI=1S/C16H17ClN2O2S/c17-13-6-2-1-5-12(13)11-19-15(20)8-3-9-18-16(21)14-7-4-10-22-14/h1-2,4-7,10H,3,8-9,11H2,(H,18,21)(H,19,20). The third-order valence-electron chi connectivity index (χ3n) is 3.04. The fourth-order valence-electron chi connectivity index (χ4n) is 1.87. The number of carbonyl (C=O) groups excluding carboxylic acids is 2. The van der Waals surface area contributed by atoms with E-state index in [0.29, 0.717) is 35.8 Å². The molecular weight excluding hydrogens is 320 g/mol. The zero-order valence-corrected chi connectivity index (χ0v) is 13.5. The van der Waals surface area contributed by atoms with Gasteiger partial charge in [0.25, 0.3) is 5.91 Å². The maximum atomic E-state index is 11.7. The molecule has 0 radical (unpaired) electrons. The van der Waals surface area contributed by atoms with Gasteiger partial charge in [0.1, 0.15) is 0 Å². The van der Waals surface area contributed by atoms with Crippen LogP contribution in [0.4, 0.5) is 0 Å². The van der Waals surface area contributed by atoms with Crippen LogP contribution in [0, 0.1) is 0 Å². The lowest BCUT2D eigenvalue weighted by Gasteiger charge is -2.07. The van der Waals surface area contributed by atoms with Gasteiger partial charge in [-0.1, -0.05) is 35.9 Å². The highest BCUT2D eigenvalue weighted by Gasteiger charge is 2.06. The molecular formula is C16H17ClN2O2S. The second kappa shape index (κ2) is 8.56. The Morgan fingerprint density at radius 1 is 1.09 bits per heavy atom. The molecule has 0 aliphatic carbocycles. The lowest BCUT2D eigenvalue weighted by molar-refractivity contribution is -0.121. The van der Waals surface area contributed by atoms with Crippen molar-refractivity contribution in [1.29, 1.82) is 0 Å². The minimum atomic E-state index is -0.0912. The quantitative estimate of drug-likeness (QED) is 0.763. The van der Waals surface area contributed by atoms with Crippen LogP contribution in [-0.4, -0.2) is 18.4 Å². The molecule has 116 valence electrons. The van der Waals surface area contributed by atoms with Crippen LogP contribution in [0.15, 0.2) is 41.8 Å². The highest BCUT2D eigenvalue weighted by molar-refractivity contribution is 7.12. The summed E-state index contributed by atoms with van der Waals surface area (Å²) in [4.78, 5) is 24.1. The average Bonchev–Trinajstić information content (AvgIpc) is 3.05. The molecule has 1 aromatic heterocycles. The first-order valence-corrected chi connectivity index (χ1v) is 8.24. The molecule has 2 rings (SSSR count). The summed E-state index contributed by atoms with van der Waals surface area (Å²) in [5.41, 5.74) is 0.892. The molecule has 0 fully saturated rings. The van der Waals surface area contributed by atoms with E-state index >= 15 is 0 Å². The van der Waals surface area contributed by atoms with Crippen molar-refractivity contribution >= 4 is 34.8 Å². The van der Waals surface area contributed by atoms with Gasteiger partial charge in [0, 0.05) is 24.5 Å². The van der Waals surface area contributed by atoms with Crippen LogP contribution in [0.5, 0.6) is 0 Å². The Morgan fingerprint density at radius 2 is 1.91 bits per heavy atom. The van der Waals surface area contributed by atoms with Gasteiger partial charge in [-0.25, -0.2) is 0 Å². The van der Waals surface area contributed by atoms with E-state index < -0.39 is 0 Å². The lowest BCUT2D eigenvalue weighted by atomic mass is 10.2. The minimum Gasteiger partial charge on any atom is -0.352 e. The Balaban J connectivity index is 1.62. The zero-order chi connectivity index (χ0) is 15.8. The molecule has 2 aromatic rings. The maximum Gasteiger partial charge on any atom is 0.261 e. The molecule has 0 saturated heterocycles. The van der Waals surface area contributed by atoms with Gasteiger partial charge in [0.2, 0.25) is 5.91 Å². The number of rotatable bonds is 7. The molecule has 0 unspecified atom stereocenters. The molecule has 2 amide bonds. The number of halogens is 1. The van der Waals surface area contributed by atoms with Crippen molar-refractivity contribution in [3.05, 3.63) is 57.2 Å². The molecule has 0 saturated carbocycles. The Hall–Kier alpha value is -1.85. The molecule has 0 bridgehead atoms. The van der Waals surface area contributed by atoms with Crippen LogP contribution in [0.1, 0.15) is 28.1 Å². The Bertz CT molecular complexity index is 629. The smallest absolute Gasteiger partial charge is 0.261 e. The summed E-state index contributed by atoms with van der Waals surface area (Å²) in [6.45, 7) is 0.899. The van der Waals surface area contributed by atoms with E-state index in [1.54, 1.807) is 12.1 Å². The molecule has 6 heteroatoms. The van der Waals surface area contributed by atoms with E-state index in [1.807, 2.05) is 29.6 Å². The van der Waals surface area contributed by atoms with E-state index in [-0.39, 0.29) is 11.8 Å². The molecule has 0 aliphatic rings. The largest absolute Gasteiger partial charge is 0.352 e. The van der Waals surface area contributed by atoms with Crippen LogP contribution in [0.2, 0.25) is 5.02 Å². The molecule has 22 heavy (non-hydrogen) atoms. The van der Waals surface area contributed by atoms with E-state index in [0.717, 1.165) is 5.56 Å². The predicted molar refractivity (Wildman–Crippen MR) is 89.2 cm³/mol. The van der Waals surface area contributed by atoms with E-state index in [9.17, 15) is 9.59 Å². The minimum absolute atomic E-state index is 0.0507. The van der Waals surface area contributed by atoms with E-state index in [2.05, 4.69) is 10.6 Å². The summed E-state index contributed by atoms with van der Waals surface area (Å²) in [7, 11) is 0. The fourth-order valence-corrected chi connectivity index (χ4v) is 2.71. The van der Waals surface area contributed by atoms with Crippen LogP contribution in [-0.2, 0) is 11.3 Å².